The average Bonchev–Trinajstić information content (AvgIpc) is 2.98. The number of hydrogen-bond acceptors (Lipinski definition) is 4. The van der Waals surface area contributed by atoms with Gasteiger partial charge >= 0.3 is 0 Å². The largest absolute Gasteiger partial charge is 0.324 e. The van der Waals surface area contributed by atoms with Gasteiger partial charge in [0.1, 0.15) is 6.54 Å². The molecule has 0 saturated carbocycles. The smallest absolute Gasteiger partial charge is 0.244 e. The Morgan fingerprint density at radius 3 is 2.38 bits per heavy atom. The molecule has 5 nitrogen and oxygen atoms in total. The number of carbonyl (C=O) groups is 3. The summed E-state index contributed by atoms with van der Waals surface area (Å²) in [6.07, 6.45) is 1.45. The van der Waals surface area contributed by atoms with Gasteiger partial charge in [-0.2, -0.15) is 0 Å². The van der Waals surface area contributed by atoms with E-state index < -0.39 is 0 Å². The van der Waals surface area contributed by atoms with Crippen molar-refractivity contribution < 1.29 is 14.4 Å². The first-order valence-corrected chi connectivity index (χ1v) is 10.4. The highest BCUT2D eigenvalue weighted by Gasteiger charge is 2.29. The number of aryl methyl sites for hydroxylation is 4. The number of allylic oxidation sites excluding steroid dienone is 1. The molecule has 0 spiro atoms. The van der Waals surface area contributed by atoms with E-state index in [1.54, 1.807) is 6.07 Å². The standard InChI is InChI=1S/C23H24N2O3S/c1-14-9-16(3)23(17(4)10-14)24-20(27)12-25-21(28)13-29-22(25)11-19(26)18-8-6-5-7-15(18)2/h5-11H,12-13H2,1-4H3,(H,24,27)/b22-11-. The van der Waals surface area contributed by atoms with Gasteiger partial charge in [-0.1, -0.05) is 53.7 Å². The quantitative estimate of drug-likeness (QED) is 0.596. The highest BCUT2D eigenvalue weighted by atomic mass is 32.2. The monoisotopic (exact) mass is 408 g/mol. The maximum absolute atomic E-state index is 12.6. The molecule has 1 N–H and O–H groups in total. The Hall–Kier alpha value is -2.86. The highest BCUT2D eigenvalue weighted by molar-refractivity contribution is 8.04. The molecule has 2 aromatic carbocycles. The molecular formula is C23H24N2O3S. The fraction of sp³-hybridized carbons (Fsp3) is 0.261. The van der Waals surface area contributed by atoms with Crippen LogP contribution in [0.3, 0.4) is 0 Å². The first-order valence-electron chi connectivity index (χ1n) is 9.39. The minimum Gasteiger partial charge on any atom is -0.324 e. The summed E-state index contributed by atoms with van der Waals surface area (Å²) in [4.78, 5) is 39.0. The number of anilines is 1. The highest BCUT2D eigenvalue weighted by Crippen LogP contribution is 2.30. The molecule has 1 saturated heterocycles. The molecule has 1 aliphatic rings. The number of nitrogens with one attached hydrogen (secondary N) is 1. The van der Waals surface area contributed by atoms with Crippen molar-refractivity contribution in [3.8, 4) is 0 Å². The van der Waals surface area contributed by atoms with Crippen LogP contribution >= 0.6 is 11.8 Å². The summed E-state index contributed by atoms with van der Waals surface area (Å²) in [6.45, 7) is 7.65. The number of benzene rings is 2. The van der Waals surface area contributed by atoms with E-state index in [0.717, 1.165) is 27.9 Å². The van der Waals surface area contributed by atoms with Gasteiger partial charge in [0.2, 0.25) is 11.8 Å². The van der Waals surface area contributed by atoms with Crippen molar-refractivity contribution in [3.05, 3.63) is 75.3 Å². The second-order valence-corrected chi connectivity index (χ2v) is 8.25. The Balaban J connectivity index is 1.77. The van der Waals surface area contributed by atoms with Crippen LogP contribution in [-0.2, 0) is 9.59 Å². The second kappa shape index (κ2) is 8.66. The SMILES string of the molecule is Cc1cc(C)c(NC(=O)CN2C(=O)CS/C2=C\C(=O)c2ccccc2C)c(C)c1. The second-order valence-electron chi connectivity index (χ2n) is 7.25. The summed E-state index contributed by atoms with van der Waals surface area (Å²) in [5, 5.41) is 3.42. The van der Waals surface area contributed by atoms with Crippen molar-refractivity contribution in [2.24, 2.45) is 0 Å². The van der Waals surface area contributed by atoms with Crippen LogP contribution in [0.25, 0.3) is 0 Å². The van der Waals surface area contributed by atoms with E-state index in [1.165, 1.54) is 22.7 Å². The number of carbonyl (C=O) groups excluding carboxylic acids is 3. The number of thioether (sulfide) groups is 1. The topological polar surface area (TPSA) is 66.5 Å². The zero-order valence-corrected chi connectivity index (χ0v) is 17.9. The minimum absolute atomic E-state index is 0.120. The average molecular weight is 409 g/mol. The molecule has 2 amide bonds. The Bertz CT molecular complexity index is 1000. The van der Waals surface area contributed by atoms with Gasteiger partial charge < -0.3 is 5.32 Å². The number of amides is 2. The predicted octanol–water partition coefficient (Wildman–Crippen LogP) is 4.16. The molecule has 0 aliphatic carbocycles. The molecule has 1 heterocycles. The molecule has 0 unspecified atom stereocenters. The summed E-state index contributed by atoms with van der Waals surface area (Å²) in [5.41, 5.74) is 5.31. The third-order valence-electron chi connectivity index (χ3n) is 4.82. The third-order valence-corrected chi connectivity index (χ3v) is 5.84. The van der Waals surface area contributed by atoms with Crippen molar-refractivity contribution in [2.75, 3.05) is 17.6 Å². The van der Waals surface area contributed by atoms with Crippen LogP contribution in [0.4, 0.5) is 5.69 Å². The Morgan fingerprint density at radius 1 is 1.07 bits per heavy atom. The van der Waals surface area contributed by atoms with Gasteiger partial charge in [0.15, 0.2) is 5.78 Å². The van der Waals surface area contributed by atoms with Crippen molar-refractivity contribution in [1.82, 2.24) is 4.90 Å². The molecular weight excluding hydrogens is 384 g/mol. The van der Waals surface area contributed by atoms with Gasteiger partial charge in [0.25, 0.3) is 0 Å². The van der Waals surface area contributed by atoms with E-state index in [9.17, 15) is 14.4 Å². The van der Waals surface area contributed by atoms with Crippen LogP contribution < -0.4 is 5.32 Å². The Kier molecular flexibility index (Phi) is 6.23. The molecule has 0 atom stereocenters. The van der Waals surface area contributed by atoms with Gasteiger partial charge in [0.05, 0.1) is 10.8 Å². The molecule has 0 aromatic heterocycles. The van der Waals surface area contributed by atoms with Gasteiger partial charge in [-0.3, -0.25) is 19.3 Å². The van der Waals surface area contributed by atoms with Crippen LogP contribution in [0.5, 0.6) is 0 Å². The van der Waals surface area contributed by atoms with E-state index in [1.807, 2.05) is 58.0 Å². The van der Waals surface area contributed by atoms with Crippen molar-refractivity contribution >= 4 is 35.0 Å². The summed E-state index contributed by atoms with van der Waals surface area (Å²) in [5.74, 6) is -0.407. The molecule has 29 heavy (non-hydrogen) atoms. The molecule has 0 radical (unpaired) electrons. The van der Waals surface area contributed by atoms with E-state index in [-0.39, 0.29) is 29.9 Å². The van der Waals surface area contributed by atoms with E-state index in [2.05, 4.69) is 5.32 Å². The molecule has 0 bridgehead atoms. The molecule has 150 valence electrons. The number of ketones is 1. The number of rotatable bonds is 5. The fourth-order valence-electron chi connectivity index (χ4n) is 3.44. The third kappa shape index (κ3) is 4.77. The summed E-state index contributed by atoms with van der Waals surface area (Å²) in [6, 6.07) is 11.3. The van der Waals surface area contributed by atoms with Crippen molar-refractivity contribution in [2.45, 2.75) is 27.7 Å². The van der Waals surface area contributed by atoms with Crippen molar-refractivity contribution in [3.63, 3.8) is 0 Å². The van der Waals surface area contributed by atoms with Gasteiger partial charge in [-0.05, 0) is 44.4 Å². The van der Waals surface area contributed by atoms with Crippen LogP contribution in [0.1, 0.15) is 32.6 Å². The van der Waals surface area contributed by atoms with Crippen molar-refractivity contribution in [1.29, 1.82) is 0 Å². The zero-order chi connectivity index (χ0) is 21.1. The van der Waals surface area contributed by atoms with E-state index in [0.29, 0.717) is 10.6 Å². The lowest BCUT2D eigenvalue weighted by Crippen LogP contribution is -2.34. The lowest BCUT2D eigenvalue weighted by molar-refractivity contribution is -0.129. The lowest BCUT2D eigenvalue weighted by atomic mass is 10.0. The minimum atomic E-state index is -0.287. The Labute approximate surface area is 175 Å². The van der Waals surface area contributed by atoms with Crippen LogP contribution in [0.15, 0.2) is 47.5 Å². The molecule has 3 rings (SSSR count). The van der Waals surface area contributed by atoms with Gasteiger partial charge in [-0.15, -0.1) is 0 Å². The first-order chi connectivity index (χ1) is 13.8. The van der Waals surface area contributed by atoms with Gasteiger partial charge in [0, 0.05) is 17.3 Å². The number of hydrogen-bond donors (Lipinski definition) is 1. The maximum atomic E-state index is 12.6. The molecule has 6 heteroatoms. The molecule has 1 aliphatic heterocycles. The normalized spacial score (nSPS) is 15.1. The van der Waals surface area contributed by atoms with Gasteiger partial charge in [-0.25, -0.2) is 0 Å². The first kappa shape index (κ1) is 20.9. The number of nitrogens with zero attached hydrogens (tertiary/aromatic N) is 1. The van der Waals surface area contributed by atoms with Crippen LogP contribution in [0.2, 0.25) is 0 Å². The Morgan fingerprint density at radius 2 is 1.72 bits per heavy atom. The molecule has 1 fully saturated rings. The lowest BCUT2D eigenvalue weighted by Gasteiger charge is -2.18. The summed E-state index contributed by atoms with van der Waals surface area (Å²) >= 11 is 1.28. The van der Waals surface area contributed by atoms with Crippen LogP contribution in [0, 0.1) is 27.7 Å². The van der Waals surface area contributed by atoms with E-state index in [4.69, 9.17) is 0 Å². The molecule has 2 aromatic rings. The maximum Gasteiger partial charge on any atom is 0.244 e. The zero-order valence-electron chi connectivity index (χ0n) is 17.0. The summed E-state index contributed by atoms with van der Waals surface area (Å²) in [7, 11) is 0. The predicted molar refractivity (Wildman–Crippen MR) is 117 cm³/mol. The van der Waals surface area contributed by atoms with Crippen LogP contribution in [-0.4, -0.2) is 34.8 Å². The summed E-state index contributed by atoms with van der Waals surface area (Å²) < 4.78 is 0. The van der Waals surface area contributed by atoms with E-state index >= 15 is 0 Å². The fourth-order valence-corrected chi connectivity index (χ4v) is 4.38.